The van der Waals surface area contributed by atoms with E-state index in [9.17, 15) is 9.18 Å². The van der Waals surface area contributed by atoms with E-state index in [0.29, 0.717) is 22.6 Å². The molecule has 0 saturated carbocycles. The van der Waals surface area contributed by atoms with Crippen molar-refractivity contribution in [2.24, 2.45) is 7.05 Å². The average Bonchev–Trinajstić information content (AvgIpc) is 3.18. The molecule has 9 heteroatoms. The zero-order chi connectivity index (χ0) is 18.3. The molecule has 3 aromatic heterocycles. The molecule has 1 amide bonds. The van der Waals surface area contributed by atoms with Gasteiger partial charge in [0.2, 0.25) is 0 Å². The number of amides is 1. The van der Waals surface area contributed by atoms with Crippen LogP contribution in [0, 0.1) is 5.82 Å². The molecule has 4 rings (SSSR count). The topological polar surface area (TPSA) is 103 Å². The Morgan fingerprint density at radius 3 is 2.88 bits per heavy atom. The van der Waals surface area contributed by atoms with Gasteiger partial charge in [0.15, 0.2) is 5.65 Å². The van der Waals surface area contributed by atoms with Crippen molar-refractivity contribution in [2.45, 2.75) is 0 Å². The first kappa shape index (κ1) is 15.8. The molecular formula is C17H14FN7O. The zero-order valence-corrected chi connectivity index (χ0v) is 13.7. The average molecular weight is 351 g/mol. The molecule has 0 aliphatic carbocycles. The highest BCUT2D eigenvalue weighted by Gasteiger charge is 2.18. The minimum Gasteiger partial charge on any atom is -0.384 e. The van der Waals surface area contributed by atoms with Gasteiger partial charge in [-0.3, -0.25) is 9.48 Å². The Labute approximate surface area is 147 Å². The summed E-state index contributed by atoms with van der Waals surface area (Å²) in [5.74, 6) is -0.499. The zero-order valence-electron chi connectivity index (χ0n) is 13.7. The van der Waals surface area contributed by atoms with Crippen molar-refractivity contribution in [1.29, 1.82) is 0 Å². The van der Waals surface area contributed by atoms with Gasteiger partial charge in [-0.05, 0) is 18.2 Å². The fourth-order valence-corrected chi connectivity index (χ4v) is 2.74. The van der Waals surface area contributed by atoms with Crippen LogP contribution in [-0.2, 0) is 7.05 Å². The first-order valence-electron chi connectivity index (χ1n) is 7.72. The molecule has 3 N–H and O–H groups in total. The van der Waals surface area contributed by atoms with Crippen molar-refractivity contribution < 1.29 is 9.18 Å². The number of rotatable bonds is 3. The third-order valence-corrected chi connectivity index (χ3v) is 3.92. The molecular weight excluding hydrogens is 337 g/mol. The molecule has 0 fully saturated rings. The fraction of sp³-hybridized carbons (Fsp3) is 0.0588. The molecule has 8 nitrogen and oxygen atoms in total. The molecule has 0 aliphatic heterocycles. The summed E-state index contributed by atoms with van der Waals surface area (Å²) in [6, 6.07) is 7.66. The maximum atomic E-state index is 13.6. The van der Waals surface area contributed by atoms with Crippen LogP contribution < -0.4 is 11.1 Å². The Bertz CT molecular complexity index is 1130. The van der Waals surface area contributed by atoms with Crippen LogP contribution in [-0.4, -0.2) is 30.3 Å². The number of hydrogen-bond acceptors (Lipinski definition) is 5. The minimum atomic E-state index is -0.413. The molecule has 130 valence electrons. The highest BCUT2D eigenvalue weighted by Crippen LogP contribution is 2.28. The standard InChI is InChI=1S/C17H14FN7O/c1-24-15(10-3-2-4-11(18)7-10)13(9-20-24)22-17(26)12-8-21-25-6-5-14(19)23-16(12)25/h2-9H,1H3,(H2,19,23)(H,22,26). The van der Waals surface area contributed by atoms with Gasteiger partial charge in [-0.1, -0.05) is 12.1 Å². The molecule has 26 heavy (non-hydrogen) atoms. The van der Waals surface area contributed by atoms with E-state index >= 15 is 0 Å². The molecule has 0 saturated heterocycles. The van der Waals surface area contributed by atoms with E-state index in [1.807, 2.05) is 0 Å². The number of anilines is 2. The van der Waals surface area contributed by atoms with Crippen LogP contribution in [0.5, 0.6) is 0 Å². The quantitative estimate of drug-likeness (QED) is 0.588. The summed E-state index contributed by atoms with van der Waals surface area (Å²) in [6.45, 7) is 0. The molecule has 3 heterocycles. The van der Waals surface area contributed by atoms with Crippen LogP contribution in [0.2, 0.25) is 0 Å². The number of nitrogens with zero attached hydrogens (tertiary/aromatic N) is 5. The van der Waals surface area contributed by atoms with Crippen LogP contribution in [0.15, 0.2) is 48.9 Å². The van der Waals surface area contributed by atoms with Crippen molar-refractivity contribution in [3.05, 3.63) is 60.3 Å². The van der Waals surface area contributed by atoms with Crippen LogP contribution >= 0.6 is 0 Å². The summed E-state index contributed by atoms with van der Waals surface area (Å²) in [5.41, 5.74) is 7.94. The highest BCUT2D eigenvalue weighted by atomic mass is 19.1. The van der Waals surface area contributed by atoms with Crippen molar-refractivity contribution in [3.63, 3.8) is 0 Å². The van der Waals surface area contributed by atoms with E-state index in [2.05, 4.69) is 20.5 Å². The van der Waals surface area contributed by atoms with Gasteiger partial charge in [-0.25, -0.2) is 13.9 Å². The molecule has 0 aliphatic rings. The van der Waals surface area contributed by atoms with Gasteiger partial charge in [0.1, 0.15) is 17.2 Å². The lowest BCUT2D eigenvalue weighted by Gasteiger charge is -2.08. The second-order valence-electron chi connectivity index (χ2n) is 5.67. The number of carbonyl (C=O) groups is 1. The number of hydrogen-bond donors (Lipinski definition) is 2. The summed E-state index contributed by atoms with van der Waals surface area (Å²) in [4.78, 5) is 16.8. The van der Waals surface area contributed by atoms with E-state index in [1.54, 1.807) is 36.1 Å². The predicted octanol–water partition coefficient (Wildman–Crippen LogP) is 2.10. The Hall–Kier alpha value is -3.75. The number of benzene rings is 1. The first-order chi connectivity index (χ1) is 12.5. The number of nitrogens with one attached hydrogen (secondary N) is 1. The normalized spacial score (nSPS) is 11.0. The van der Waals surface area contributed by atoms with Gasteiger partial charge in [0.05, 0.1) is 23.8 Å². The molecule has 0 atom stereocenters. The Kier molecular flexibility index (Phi) is 3.61. The number of halogens is 1. The lowest BCUT2D eigenvalue weighted by Crippen LogP contribution is -2.13. The van der Waals surface area contributed by atoms with Gasteiger partial charge in [0, 0.05) is 18.8 Å². The summed E-state index contributed by atoms with van der Waals surface area (Å²) in [5, 5.41) is 11.0. The number of nitrogen functional groups attached to an aromatic ring is 1. The summed E-state index contributed by atoms with van der Waals surface area (Å²) in [7, 11) is 1.72. The smallest absolute Gasteiger partial charge is 0.261 e. The highest BCUT2D eigenvalue weighted by molar-refractivity contribution is 6.09. The minimum absolute atomic E-state index is 0.270. The van der Waals surface area contributed by atoms with Gasteiger partial charge < -0.3 is 11.1 Å². The SMILES string of the molecule is Cn1ncc(NC(=O)c2cnn3ccc(N)nc23)c1-c1cccc(F)c1. The number of aromatic nitrogens is 5. The van der Waals surface area contributed by atoms with Crippen molar-refractivity contribution >= 4 is 23.1 Å². The van der Waals surface area contributed by atoms with E-state index < -0.39 is 5.91 Å². The molecule has 0 spiro atoms. The summed E-state index contributed by atoms with van der Waals surface area (Å²) >= 11 is 0. The third-order valence-electron chi connectivity index (χ3n) is 3.92. The molecule has 0 radical (unpaired) electrons. The van der Waals surface area contributed by atoms with Crippen molar-refractivity contribution in [2.75, 3.05) is 11.1 Å². The monoisotopic (exact) mass is 351 g/mol. The number of fused-ring (bicyclic) bond motifs is 1. The van der Waals surface area contributed by atoms with Crippen molar-refractivity contribution in [1.82, 2.24) is 24.4 Å². The van der Waals surface area contributed by atoms with Crippen molar-refractivity contribution in [3.8, 4) is 11.3 Å². The number of carbonyl (C=O) groups excluding carboxylic acids is 1. The second-order valence-corrected chi connectivity index (χ2v) is 5.67. The van der Waals surface area contributed by atoms with Gasteiger partial charge in [0.25, 0.3) is 5.91 Å². The molecule has 4 aromatic rings. The van der Waals surface area contributed by atoms with Crippen LogP contribution in [0.25, 0.3) is 16.9 Å². The van der Waals surface area contributed by atoms with Gasteiger partial charge in [-0.15, -0.1) is 0 Å². The maximum absolute atomic E-state index is 13.6. The van der Waals surface area contributed by atoms with Gasteiger partial charge in [-0.2, -0.15) is 10.2 Å². The molecule has 1 aromatic carbocycles. The maximum Gasteiger partial charge on any atom is 0.261 e. The van der Waals surface area contributed by atoms with E-state index in [4.69, 9.17) is 5.73 Å². The van der Waals surface area contributed by atoms with E-state index in [0.717, 1.165) is 0 Å². The lowest BCUT2D eigenvalue weighted by atomic mass is 10.1. The second kappa shape index (κ2) is 5.96. The Balaban J connectivity index is 1.72. The number of aryl methyl sites for hydroxylation is 1. The molecule has 0 bridgehead atoms. The third kappa shape index (κ3) is 2.65. The fourth-order valence-electron chi connectivity index (χ4n) is 2.74. The summed E-state index contributed by atoms with van der Waals surface area (Å²) < 4.78 is 16.6. The van der Waals surface area contributed by atoms with Crippen LogP contribution in [0.1, 0.15) is 10.4 Å². The lowest BCUT2D eigenvalue weighted by molar-refractivity contribution is 0.102. The first-order valence-corrected chi connectivity index (χ1v) is 7.72. The largest absolute Gasteiger partial charge is 0.384 e. The Morgan fingerprint density at radius 1 is 1.23 bits per heavy atom. The molecule has 0 unspecified atom stereocenters. The number of nitrogens with two attached hydrogens (primary N) is 1. The predicted molar refractivity (Wildman–Crippen MR) is 94.0 cm³/mol. The van der Waals surface area contributed by atoms with E-state index in [-0.39, 0.29) is 17.2 Å². The Morgan fingerprint density at radius 2 is 2.08 bits per heavy atom. The van der Waals surface area contributed by atoms with Crippen LogP contribution in [0.3, 0.4) is 0 Å². The summed E-state index contributed by atoms with van der Waals surface area (Å²) in [6.07, 6.45) is 4.54. The van der Waals surface area contributed by atoms with E-state index in [1.165, 1.54) is 29.0 Å². The van der Waals surface area contributed by atoms with Crippen LogP contribution in [0.4, 0.5) is 15.9 Å². The van der Waals surface area contributed by atoms with Gasteiger partial charge >= 0.3 is 0 Å².